The minimum atomic E-state index is 0.545. The third-order valence-electron chi connectivity index (χ3n) is 3.29. The van der Waals surface area contributed by atoms with Gasteiger partial charge < -0.3 is 4.42 Å². The smallest absolute Gasteiger partial charge is 0.222 e. The van der Waals surface area contributed by atoms with Crippen LogP contribution < -0.4 is 0 Å². The number of aromatic nitrogens is 5. The van der Waals surface area contributed by atoms with Gasteiger partial charge in [-0.05, 0) is 25.0 Å². The van der Waals surface area contributed by atoms with Crippen molar-refractivity contribution in [1.82, 2.24) is 24.8 Å². The maximum absolute atomic E-state index is 5.36. The van der Waals surface area contributed by atoms with Crippen LogP contribution in [0.25, 0.3) is 5.65 Å². The summed E-state index contributed by atoms with van der Waals surface area (Å²) >= 11 is 0. The summed E-state index contributed by atoms with van der Waals surface area (Å²) in [6, 6.07) is 4.09. The van der Waals surface area contributed by atoms with Crippen molar-refractivity contribution in [1.29, 1.82) is 0 Å². The molecule has 3 heterocycles. The van der Waals surface area contributed by atoms with Crippen LogP contribution in [0.3, 0.4) is 0 Å². The van der Waals surface area contributed by atoms with Crippen LogP contribution in [0.4, 0.5) is 0 Å². The molecular formula is C13H13N5O. The molecule has 0 aromatic carbocycles. The number of imidazole rings is 1. The van der Waals surface area contributed by atoms with Crippen LogP contribution in [-0.4, -0.2) is 24.8 Å². The van der Waals surface area contributed by atoms with E-state index in [-0.39, 0.29) is 0 Å². The molecular weight excluding hydrogens is 242 g/mol. The molecule has 0 N–H and O–H groups in total. The van der Waals surface area contributed by atoms with Crippen molar-refractivity contribution in [2.24, 2.45) is 0 Å². The third kappa shape index (κ3) is 1.99. The van der Waals surface area contributed by atoms with Gasteiger partial charge in [0.05, 0.1) is 24.0 Å². The summed E-state index contributed by atoms with van der Waals surface area (Å²) in [5.74, 6) is 1.81. The normalized spacial score (nSPS) is 15.2. The Morgan fingerprint density at radius 1 is 1.32 bits per heavy atom. The van der Waals surface area contributed by atoms with E-state index in [0.29, 0.717) is 24.1 Å². The van der Waals surface area contributed by atoms with E-state index in [4.69, 9.17) is 4.42 Å². The molecule has 4 rings (SSSR count). The number of rotatable bonds is 3. The van der Waals surface area contributed by atoms with Gasteiger partial charge in [-0.1, -0.05) is 0 Å². The van der Waals surface area contributed by atoms with E-state index >= 15 is 0 Å². The Morgan fingerprint density at radius 3 is 2.95 bits per heavy atom. The summed E-state index contributed by atoms with van der Waals surface area (Å²) in [5, 5.41) is 12.4. The van der Waals surface area contributed by atoms with Crippen LogP contribution in [0.2, 0.25) is 0 Å². The van der Waals surface area contributed by atoms with Crippen molar-refractivity contribution < 1.29 is 4.42 Å². The van der Waals surface area contributed by atoms with Crippen LogP contribution in [0.15, 0.2) is 22.7 Å². The fourth-order valence-corrected chi connectivity index (χ4v) is 2.19. The van der Waals surface area contributed by atoms with E-state index in [2.05, 4.69) is 26.3 Å². The van der Waals surface area contributed by atoms with Gasteiger partial charge in [-0.15, -0.1) is 10.2 Å². The molecule has 1 aliphatic rings. The van der Waals surface area contributed by atoms with Crippen LogP contribution in [-0.2, 0) is 6.42 Å². The lowest BCUT2D eigenvalue weighted by Gasteiger charge is -1.96. The van der Waals surface area contributed by atoms with Crippen LogP contribution >= 0.6 is 0 Å². The second kappa shape index (κ2) is 3.88. The van der Waals surface area contributed by atoms with E-state index in [1.807, 2.05) is 16.8 Å². The molecule has 0 bridgehead atoms. The number of aryl methyl sites for hydroxylation is 1. The highest BCUT2D eigenvalue weighted by atomic mass is 16.4. The van der Waals surface area contributed by atoms with Gasteiger partial charge >= 0.3 is 0 Å². The molecule has 0 aliphatic heterocycles. The zero-order valence-electron chi connectivity index (χ0n) is 10.6. The fraction of sp³-hybridized carbons (Fsp3) is 0.385. The first kappa shape index (κ1) is 10.7. The Labute approximate surface area is 109 Å². The largest absolute Gasteiger partial charge is 0.425 e. The van der Waals surface area contributed by atoms with E-state index in [1.165, 1.54) is 12.8 Å². The van der Waals surface area contributed by atoms with Gasteiger partial charge in [-0.3, -0.25) is 0 Å². The predicted octanol–water partition coefficient (Wildman–Crippen LogP) is 1.89. The molecule has 0 radical (unpaired) electrons. The number of fused-ring (bicyclic) bond motifs is 1. The molecule has 1 aliphatic carbocycles. The maximum Gasteiger partial charge on any atom is 0.222 e. The Balaban J connectivity index is 1.67. The second-order valence-corrected chi connectivity index (χ2v) is 4.96. The lowest BCUT2D eigenvalue weighted by Crippen LogP contribution is -1.94. The molecule has 0 atom stereocenters. The lowest BCUT2D eigenvalue weighted by molar-refractivity contribution is 0.476. The number of hydrogen-bond donors (Lipinski definition) is 0. The highest BCUT2D eigenvalue weighted by Crippen LogP contribution is 2.38. The predicted molar refractivity (Wildman–Crippen MR) is 66.8 cm³/mol. The third-order valence-corrected chi connectivity index (χ3v) is 3.29. The molecule has 1 saturated carbocycles. The maximum atomic E-state index is 5.36. The lowest BCUT2D eigenvalue weighted by atomic mass is 10.3. The van der Waals surface area contributed by atoms with E-state index in [1.54, 1.807) is 6.92 Å². The Bertz CT molecular complexity index is 740. The summed E-state index contributed by atoms with van der Waals surface area (Å²) in [6.07, 6.45) is 4.98. The zero-order valence-corrected chi connectivity index (χ0v) is 10.6. The van der Waals surface area contributed by atoms with E-state index < -0.39 is 0 Å². The highest BCUT2D eigenvalue weighted by molar-refractivity contribution is 5.39. The monoisotopic (exact) mass is 255 g/mol. The molecule has 3 aromatic rings. The van der Waals surface area contributed by atoms with Gasteiger partial charge in [0, 0.05) is 12.8 Å². The average Bonchev–Trinajstić information content (AvgIpc) is 3.05. The molecule has 6 heteroatoms. The number of nitrogens with zero attached hydrogens (tertiary/aromatic N) is 5. The summed E-state index contributed by atoms with van der Waals surface area (Å²) in [4.78, 5) is 4.51. The van der Waals surface area contributed by atoms with Gasteiger partial charge in [-0.2, -0.15) is 5.10 Å². The molecule has 19 heavy (non-hydrogen) atoms. The summed E-state index contributed by atoms with van der Waals surface area (Å²) < 4.78 is 7.20. The van der Waals surface area contributed by atoms with Crippen molar-refractivity contribution in [3.63, 3.8) is 0 Å². The fourth-order valence-electron chi connectivity index (χ4n) is 2.19. The average molecular weight is 255 g/mol. The quantitative estimate of drug-likeness (QED) is 0.714. The summed E-state index contributed by atoms with van der Waals surface area (Å²) in [6.45, 7) is 1.78. The van der Waals surface area contributed by atoms with Crippen molar-refractivity contribution in [2.45, 2.75) is 32.1 Å². The SMILES string of the molecule is Cc1nnc(Cc2cn3nc(C4CC4)ccc3n2)o1. The van der Waals surface area contributed by atoms with Gasteiger partial charge in [0.25, 0.3) is 0 Å². The molecule has 6 nitrogen and oxygen atoms in total. The van der Waals surface area contributed by atoms with Gasteiger partial charge in [0.1, 0.15) is 0 Å². The molecule has 1 fully saturated rings. The van der Waals surface area contributed by atoms with Crippen molar-refractivity contribution >= 4 is 5.65 Å². The molecule has 0 unspecified atom stereocenters. The topological polar surface area (TPSA) is 69.1 Å². The summed E-state index contributed by atoms with van der Waals surface area (Å²) in [7, 11) is 0. The molecule has 0 spiro atoms. The Morgan fingerprint density at radius 2 is 2.21 bits per heavy atom. The van der Waals surface area contributed by atoms with E-state index in [9.17, 15) is 0 Å². The first-order chi connectivity index (χ1) is 9.28. The van der Waals surface area contributed by atoms with E-state index in [0.717, 1.165) is 17.0 Å². The molecule has 0 amide bonds. The van der Waals surface area contributed by atoms with Crippen molar-refractivity contribution in [2.75, 3.05) is 0 Å². The summed E-state index contributed by atoms with van der Waals surface area (Å²) in [5.41, 5.74) is 2.91. The Hall–Kier alpha value is -2.24. The first-order valence-corrected chi connectivity index (χ1v) is 6.42. The second-order valence-electron chi connectivity index (χ2n) is 4.96. The van der Waals surface area contributed by atoms with Crippen molar-refractivity contribution in [3.05, 3.63) is 41.5 Å². The molecule has 96 valence electrons. The van der Waals surface area contributed by atoms with Crippen LogP contribution in [0.5, 0.6) is 0 Å². The Kier molecular flexibility index (Phi) is 2.18. The van der Waals surface area contributed by atoms with Gasteiger partial charge in [-0.25, -0.2) is 9.50 Å². The minimum Gasteiger partial charge on any atom is -0.425 e. The first-order valence-electron chi connectivity index (χ1n) is 6.42. The van der Waals surface area contributed by atoms with Gasteiger partial charge in [0.2, 0.25) is 11.8 Å². The van der Waals surface area contributed by atoms with Gasteiger partial charge in [0.15, 0.2) is 5.65 Å². The standard InChI is InChI=1S/C13H13N5O/c1-8-15-16-13(19-8)6-10-7-18-12(14-10)5-4-11(17-18)9-2-3-9/h4-5,7,9H,2-3,6H2,1H3. The van der Waals surface area contributed by atoms with Crippen molar-refractivity contribution in [3.8, 4) is 0 Å². The van der Waals surface area contributed by atoms with Crippen LogP contribution in [0.1, 0.15) is 41.9 Å². The van der Waals surface area contributed by atoms with Crippen LogP contribution in [0, 0.1) is 6.92 Å². The minimum absolute atomic E-state index is 0.545. The molecule has 3 aromatic heterocycles. The number of hydrogen-bond acceptors (Lipinski definition) is 5. The highest BCUT2D eigenvalue weighted by Gasteiger charge is 2.25. The molecule has 0 saturated heterocycles. The zero-order chi connectivity index (χ0) is 12.8.